The summed E-state index contributed by atoms with van der Waals surface area (Å²) < 4.78 is 6.76. The molecule has 1 amide bonds. The topological polar surface area (TPSA) is 102 Å². The number of aromatic hydroxyl groups is 1. The number of nitrogens with one attached hydrogen (secondary N) is 1. The molecule has 8 heteroatoms. The number of amides is 1. The van der Waals surface area contributed by atoms with E-state index in [1.165, 1.54) is 13.2 Å². The smallest absolute Gasteiger partial charge is 0.241 e. The maximum Gasteiger partial charge on any atom is 0.241 e. The molecule has 0 unspecified atom stereocenters. The number of carbonyl (C=O) groups is 1. The third-order valence-corrected chi connectivity index (χ3v) is 3.92. The average molecular weight is 353 g/mol. The fourth-order valence-electron chi connectivity index (χ4n) is 2.46. The van der Waals surface area contributed by atoms with Gasteiger partial charge in [-0.3, -0.25) is 4.79 Å². The van der Waals surface area contributed by atoms with Crippen molar-refractivity contribution in [1.82, 2.24) is 20.4 Å². The molecule has 0 aliphatic rings. The van der Waals surface area contributed by atoms with Gasteiger partial charge in [0, 0.05) is 12.0 Å². The number of phenols is 1. The molecule has 0 spiro atoms. The standard InChI is InChI=1S/C18H19N5O3/c1-12(13-7-8-16(24)17(11-13)26-2)19-21-18(25)9-10-23-15-6-4-3-5-14(15)20-22-23/h3-8,11,24H,9-10H2,1-2H3,(H,21,25)/b19-12-. The van der Waals surface area contributed by atoms with Gasteiger partial charge in [-0.15, -0.1) is 5.10 Å². The van der Waals surface area contributed by atoms with Crippen LogP contribution in [0.15, 0.2) is 47.6 Å². The molecular weight excluding hydrogens is 334 g/mol. The van der Waals surface area contributed by atoms with Crippen molar-refractivity contribution in [1.29, 1.82) is 0 Å². The second-order valence-electron chi connectivity index (χ2n) is 5.67. The number of methoxy groups -OCH3 is 1. The van der Waals surface area contributed by atoms with Crippen molar-refractivity contribution in [2.45, 2.75) is 19.9 Å². The second kappa shape index (κ2) is 7.64. The van der Waals surface area contributed by atoms with Crippen LogP contribution < -0.4 is 10.2 Å². The predicted molar refractivity (Wildman–Crippen MR) is 97.2 cm³/mol. The third kappa shape index (κ3) is 3.80. The molecular formula is C18H19N5O3. The minimum atomic E-state index is -0.227. The lowest BCUT2D eigenvalue weighted by atomic mass is 10.1. The molecule has 8 nitrogen and oxygen atoms in total. The normalized spacial score (nSPS) is 11.5. The van der Waals surface area contributed by atoms with Crippen LogP contribution in [0.25, 0.3) is 11.0 Å². The molecule has 26 heavy (non-hydrogen) atoms. The van der Waals surface area contributed by atoms with Crippen LogP contribution in [0.1, 0.15) is 18.9 Å². The maximum absolute atomic E-state index is 12.0. The number of nitrogens with zero attached hydrogens (tertiary/aromatic N) is 4. The number of ether oxygens (including phenoxy) is 1. The lowest BCUT2D eigenvalue weighted by Crippen LogP contribution is -2.21. The Bertz CT molecular complexity index is 964. The molecule has 0 saturated heterocycles. The minimum absolute atomic E-state index is 0.0492. The molecule has 2 aromatic carbocycles. The summed E-state index contributed by atoms with van der Waals surface area (Å²) >= 11 is 0. The molecule has 3 aromatic rings. The zero-order valence-electron chi connectivity index (χ0n) is 14.5. The number of hydrogen-bond acceptors (Lipinski definition) is 6. The Hall–Kier alpha value is -3.42. The fourth-order valence-corrected chi connectivity index (χ4v) is 2.46. The molecule has 0 bridgehead atoms. The van der Waals surface area contributed by atoms with Crippen LogP contribution in [0.4, 0.5) is 0 Å². The van der Waals surface area contributed by atoms with E-state index in [4.69, 9.17) is 4.74 Å². The Morgan fingerprint density at radius 1 is 1.31 bits per heavy atom. The summed E-state index contributed by atoms with van der Waals surface area (Å²) in [5.74, 6) is 0.171. The van der Waals surface area contributed by atoms with Gasteiger partial charge in [-0.05, 0) is 37.3 Å². The average Bonchev–Trinajstić information content (AvgIpc) is 3.08. The Kier molecular flexibility index (Phi) is 5.12. The van der Waals surface area contributed by atoms with Crippen molar-refractivity contribution >= 4 is 22.7 Å². The lowest BCUT2D eigenvalue weighted by molar-refractivity contribution is -0.121. The minimum Gasteiger partial charge on any atom is -0.504 e. The van der Waals surface area contributed by atoms with Crippen LogP contribution in [-0.4, -0.2) is 38.8 Å². The lowest BCUT2D eigenvalue weighted by Gasteiger charge is -2.07. The molecule has 0 radical (unpaired) electrons. The first-order valence-electron chi connectivity index (χ1n) is 8.07. The summed E-state index contributed by atoms with van der Waals surface area (Å²) in [5, 5.41) is 21.8. The van der Waals surface area contributed by atoms with Crippen LogP contribution in [0.3, 0.4) is 0 Å². The Labute approximate surface area is 150 Å². The van der Waals surface area contributed by atoms with Crippen molar-refractivity contribution < 1.29 is 14.6 Å². The highest BCUT2D eigenvalue weighted by Gasteiger charge is 2.08. The summed E-state index contributed by atoms with van der Waals surface area (Å²) in [6.45, 7) is 2.17. The number of para-hydroxylation sites is 1. The van der Waals surface area contributed by atoms with E-state index < -0.39 is 0 Å². The summed E-state index contributed by atoms with van der Waals surface area (Å²) in [7, 11) is 1.47. The van der Waals surface area contributed by atoms with E-state index in [2.05, 4.69) is 20.8 Å². The van der Waals surface area contributed by atoms with Crippen LogP contribution >= 0.6 is 0 Å². The van der Waals surface area contributed by atoms with Crippen LogP contribution in [0.5, 0.6) is 11.5 Å². The van der Waals surface area contributed by atoms with Crippen LogP contribution in [0, 0.1) is 0 Å². The van der Waals surface area contributed by atoms with Gasteiger partial charge in [-0.1, -0.05) is 17.3 Å². The highest BCUT2D eigenvalue weighted by molar-refractivity contribution is 5.99. The quantitative estimate of drug-likeness (QED) is 0.522. The zero-order chi connectivity index (χ0) is 18.5. The predicted octanol–water partition coefficient (Wildman–Crippen LogP) is 2.08. The number of carbonyl (C=O) groups excluding carboxylic acids is 1. The molecule has 1 heterocycles. The first-order chi connectivity index (χ1) is 12.6. The van der Waals surface area contributed by atoms with Crippen LogP contribution in [-0.2, 0) is 11.3 Å². The number of hydrazone groups is 1. The van der Waals surface area contributed by atoms with Gasteiger partial charge in [0.2, 0.25) is 5.91 Å². The Morgan fingerprint density at radius 3 is 2.92 bits per heavy atom. The van der Waals surface area contributed by atoms with Crippen molar-refractivity contribution in [2.75, 3.05) is 7.11 Å². The number of benzene rings is 2. The van der Waals surface area contributed by atoms with Gasteiger partial charge in [0.1, 0.15) is 5.52 Å². The Balaban J connectivity index is 1.60. The fraction of sp³-hybridized carbons (Fsp3) is 0.222. The second-order valence-corrected chi connectivity index (χ2v) is 5.67. The number of phenolic OH excluding ortho intramolecular Hbond substituents is 1. The van der Waals surface area contributed by atoms with Gasteiger partial charge < -0.3 is 9.84 Å². The summed E-state index contributed by atoms with van der Waals surface area (Å²) in [5.41, 5.74) is 5.55. The monoisotopic (exact) mass is 353 g/mol. The molecule has 0 fully saturated rings. The van der Waals surface area contributed by atoms with E-state index in [9.17, 15) is 9.90 Å². The number of hydrogen-bond donors (Lipinski definition) is 2. The molecule has 0 saturated carbocycles. The van der Waals surface area contributed by atoms with E-state index in [0.29, 0.717) is 18.0 Å². The van der Waals surface area contributed by atoms with Crippen molar-refractivity contribution in [3.8, 4) is 11.5 Å². The molecule has 0 aliphatic heterocycles. The zero-order valence-corrected chi connectivity index (χ0v) is 14.5. The summed E-state index contributed by atoms with van der Waals surface area (Å²) in [6.07, 6.45) is 0.225. The van der Waals surface area contributed by atoms with E-state index >= 15 is 0 Å². The SMILES string of the molecule is COc1cc(/C(C)=N\NC(=O)CCn2nnc3ccccc32)ccc1O. The largest absolute Gasteiger partial charge is 0.504 e. The summed E-state index contributed by atoms with van der Waals surface area (Å²) in [6, 6.07) is 12.5. The number of aryl methyl sites for hydroxylation is 1. The molecule has 3 rings (SSSR count). The number of fused-ring (bicyclic) bond motifs is 1. The van der Waals surface area contributed by atoms with Gasteiger partial charge in [0.25, 0.3) is 0 Å². The maximum atomic E-state index is 12.0. The van der Waals surface area contributed by atoms with E-state index in [1.54, 1.807) is 23.7 Å². The van der Waals surface area contributed by atoms with Crippen molar-refractivity contribution in [3.63, 3.8) is 0 Å². The first-order valence-corrected chi connectivity index (χ1v) is 8.07. The number of aromatic nitrogens is 3. The summed E-state index contributed by atoms with van der Waals surface area (Å²) in [4.78, 5) is 12.0. The number of rotatable bonds is 6. The molecule has 2 N–H and O–H groups in total. The van der Waals surface area contributed by atoms with Gasteiger partial charge in [-0.2, -0.15) is 5.10 Å². The molecule has 1 aromatic heterocycles. The van der Waals surface area contributed by atoms with E-state index in [1.807, 2.05) is 24.3 Å². The van der Waals surface area contributed by atoms with Gasteiger partial charge in [0.15, 0.2) is 11.5 Å². The highest BCUT2D eigenvalue weighted by Crippen LogP contribution is 2.26. The van der Waals surface area contributed by atoms with E-state index in [0.717, 1.165) is 16.6 Å². The van der Waals surface area contributed by atoms with Crippen molar-refractivity contribution in [3.05, 3.63) is 48.0 Å². The van der Waals surface area contributed by atoms with E-state index in [-0.39, 0.29) is 18.1 Å². The van der Waals surface area contributed by atoms with Gasteiger partial charge in [0.05, 0.1) is 24.9 Å². The first kappa shape index (κ1) is 17.4. The van der Waals surface area contributed by atoms with Gasteiger partial charge >= 0.3 is 0 Å². The van der Waals surface area contributed by atoms with Gasteiger partial charge in [-0.25, -0.2) is 10.1 Å². The molecule has 0 atom stereocenters. The Morgan fingerprint density at radius 2 is 2.12 bits per heavy atom. The third-order valence-electron chi connectivity index (χ3n) is 3.92. The van der Waals surface area contributed by atoms with Crippen molar-refractivity contribution in [2.24, 2.45) is 5.10 Å². The van der Waals surface area contributed by atoms with Crippen LogP contribution in [0.2, 0.25) is 0 Å². The molecule has 134 valence electrons. The highest BCUT2D eigenvalue weighted by atomic mass is 16.5. The molecule has 0 aliphatic carbocycles.